The number of ether oxygens (including phenoxy) is 1. The minimum atomic E-state index is 0.165. The van der Waals surface area contributed by atoms with Crippen molar-refractivity contribution in [2.45, 2.75) is 65.5 Å². The van der Waals surface area contributed by atoms with Crippen LogP contribution in [0.2, 0.25) is 0 Å². The summed E-state index contributed by atoms with van der Waals surface area (Å²) in [7, 11) is 0. The SMILES string of the molecule is C[C@@H]1CN(Cc2ccc(CNC(C)(C)C)cc2)C[C@H](C)O1. The molecular weight excluding hydrogens is 260 g/mol. The molecule has 0 spiro atoms. The van der Waals surface area contributed by atoms with E-state index < -0.39 is 0 Å². The zero-order chi connectivity index (χ0) is 15.5. The van der Waals surface area contributed by atoms with Crippen LogP contribution in [0.15, 0.2) is 24.3 Å². The van der Waals surface area contributed by atoms with Gasteiger partial charge in [-0.15, -0.1) is 0 Å². The van der Waals surface area contributed by atoms with Crippen LogP contribution in [0, 0.1) is 0 Å². The molecule has 1 heterocycles. The monoisotopic (exact) mass is 290 g/mol. The fraction of sp³-hybridized carbons (Fsp3) is 0.667. The lowest BCUT2D eigenvalue weighted by atomic mass is 10.1. The van der Waals surface area contributed by atoms with E-state index in [-0.39, 0.29) is 5.54 Å². The Balaban J connectivity index is 1.87. The maximum absolute atomic E-state index is 5.79. The van der Waals surface area contributed by atoms with Crippen molar-refractivity contribution in [1.29, 1.82) is 0 Å². The maximum Gasteiger partial charge on any atom is 0.0678 e. The van der Waals surface area contributed by atoms with Gasteiger partial charge < -0.3 is 10.1 Å². The van der Waals surface area contributed by atoms with Crippen molar-refractivity contribution < 1.29 is 4.74 Å². The van der Waals surface area contributed by atoms with Gasteiger partial charge in [-0.1, -0.05) is 24.3 Å². The van der Waals surface area contributed by atoms with Crippen LogP contribution in [-0.2, 0) is 17.8 Å². The van der Waals surface area contributed by atoms with Gasteiger partial charge in [0.25, 0.3) is 0 Å². The summed E-state index contributed by atoms with van der Waals surface area (Å²) in [6.45, 7) is 14.9. The Kier molecular flexibility index (Phi) is 5.42. The molecule has 1 N–H and O–H groups in total. The third kappa shape index (κ3) is 5.77. The molecule has 3 nitrogen and oxygen atoms in total. The molecule has 1 aliphatic rings. The minimum absolute atomic E-state index is 0.165. The highest BCUT2D eigenvalue weighted by Gasteiger charge is 2.21. The van der Waals surface area contributed by atoms with Crippen LogP contribution in [0.5, 0.6) is 0 Å². The van der Waals surface area contributed by atoms with Crippen LogP contribution in [-0.4, -0.2) is 35.7 Å². The molecule has 1 aromatic rings. The topological polar surface area (TPSA) is 24.5 Å². The predicted octanol–water partition coefficient (Wildman–Crippen LogP) is 3.18. The number of benzene rings is 1. The molecule has 0 aromatic heterocycles. The van der Waals surface area contributed by atoms with Gasteiger partial charge in [-0.2, -0.15) is 0 Å². The Hall–Kier alpha value is -0.900. The molecule has 0 aliphatic carbocycles. The lowest BCUT2D eigenvalue weighted by Gasteiger charge is -2.35. The summed E-state index contributed by atoms with van der Waals surface area (Å²) in [5, 5.41) is 3.52. The zero-order valence-electron chi connectivity index (χ0n) is 14.1. The quantitative estimate of drug-likeness (QED) is 0.921. The van der Waals surface area contributed by atoms with E-state index in [1.54, 1.807) is 0 Å². The largest absolute Gasteiger partial charge is 0.373 e. The third-order valence-corrected chi connectivity index (χ3v) is 3.75. The van der Waals surface area contributed by atoms with E-state index in [4.69, 9.17) is 4.74 Å². The number of morpholine rings is 1. The van der Waals surface area contributed by atoms with Crippen LogP contribution >= 0.6 is 0 Å². The first-order chi connectivity index (χ1) is 9.82. The summed E-state index contributed by atoms with van der Waals surface area (Å²) >= 11 is 0. The normalized spacial score (nSPS) is 24.2. The number of hydrogen-bond donors (Lipinski definition) is 1. The molecular formula is C18H30N2O. The minimum Gasteiger partial charge on any atom is -0.373 e. The number of rotatable bonds is 4. The third-order valence-electron chi connectivity index (χ3n) is 3.75. The summed E-state index contributed by atoms with van der Waals surface area (Å²) in [5.74, 6) is 0. The average Bonchev–Trinajstić information content (AvgIpc) is 2.36. The Labute approximate surface area is 129 Å². The van der Waals surface area contributed by atoms with Crippen molar-refractivity contribution in [1.82, 2.24) is 10.2 Å². The van der Waals surface area contributed by atoms with Crippen molar-refractivity contribution in [2.75, 3.05) is 13.1 Å². The van der Waals surface area contributed by atoms with Gasteiger partial charge in [0.1, 0.15) is 0 Å². The number of hydrogen-bond acceptors (Lipinski definition) is 3. The van der Waals surface area contributed by atoms with Crippen LogP contribution < -0.4 is 5.32 Å². The molecule has 0 amide bonds. The first kappa shape index (κ1) is 16.5. The second kappa shape index (κ2) is 6.91. The smallest absolute Gasteiger partial charge is 0.0678 e. The van der Waals surface area contributed by atoms with Crippen LogP contribution in [0.4, 0.5) is 0 Å². The summed E-state index contributed by atoms with van der Waals surface area (Å²) in [4.78, 5) is 2.49. The van der Waals surface area contributed by atoms with Crippen molar-refractivity contribution in [3.05, 3.63) is 35.4 Å². The highest BCUT2D eigenvalue weighted by molar-refractivity contribution is 5.22. The maximum atomic E-state index is 5.79. The molecule has 118 valence electrons. The van der Waals surface area contributed by atoms with E-state index in [1.165, 1.54) is 11.1 Å². The predicted molar refractivity (Wildman–Crippen MR) is 88.3 cm³/mol. The molecule has 0 radical (unpaired) electrons. The van der Waals surface area contributed by atoms with Crippen molar-refractivity contribution in [2.24, 2.45) is 0 Å². The fourth-order valence-electron chi connectivity index (χ4n) is 2.80. The molecule has 3 heteroatoms. The molecule has 2 atom stereocenters. The Morgan fingerprint density at radius 1 is 1.05 bits per heavy atom. The summed E-state index contributed by atoms with van der Waals surface area (Å²) in [6.07, 6.45) is 0.674. The molecule has 21 heavy (non-hydrogen) atoms. The van der Waals surface area contributed by atoms with Gasteiger partial charge in [-0.25, -0.2) is 0 Å². The summed E-state index contributed by atoms with van der Waals surface area (Å²) in [5.41, 5.74) is 2.90. The van der Waals surface area contributed by atoms with Gasteiger partial charge in [0.15, 0.2) is 0 Å². The highest BCUT2D eigenvalue weighted by atomic mass is 16.5. The van der Waals surface area contributed by atoms with Crippen LogP contribution in [0.25, 0.3) is 0 Å². The van der Waals surface area contributed by atoms with E-state index >= 15 is 0 Å². The summed E-state index contributed by atoms with van der Waals surface area (Å²) < 4.78 is 5.79. The van der Waals surface area contributed by atoms with Crippen molar-refractivity contribution in [3.8, 4) is 0 Å². The zero-order valence-corrected chi connectivity index (χ0v) is 14.1. The van der Waals surface area contributed by atoms with E-state index in [0.717, 1.165) is 26.2 Å². The molecule has 1 saturated heterocycles. The molecule has 0 unspecified atom stereocenters. The summed E-state index contributed by atoms with van der Waals surface area (Å²) in [6, 6.07) is 8.98. The van der Waals surface area contributed by atoms with Gasteiger partial charge in [0.2, 0.25) is 0 Å². The first-order valence-electron chi connectivity index (χ1n) is 8.02. The molecule has 1 aromatic carbocycles. The van der Waals surface area contributed by atoms with Crippen LogP contribution in [0.3, 0.4) is 0 Å². The average molecular weight is 290 g/mol. The lowest BCUT2D eigenvalue weighted by Crippen LogP contribution is -2.44. The van der Waals surface area contributed by atoms with Crippen molar-refractivity contribution in [3.63, 3.8) is 0 Å². The van der Waals surface area contributed by atoms with Gasteiger partial charge in [0.05, 0.1) is 12.2 Å². The second-order valence-electron chi connectivity index (χ2n) is 7.37. The lowest BCUT2D eigenvalue weighted by molar-refractivity contribution is -0.0704. The van der Waals surface area contributed by atoms with E-state index in [1.807, 2.05) is 0 Å². The molecule has 0 saturated carbocycles. The van der Waals surface area contributed by atoms with Crippen LogP contribution in [0.1, 0.15) is 45.7 Å². The number of nitrogens with one attached hydrogen (secondary N) is 1. The number of nitrogens with zero attached hydrogens (tertiary/aromatic N) is 1. The standard InChI is InChI=1S/C18H30N2O/c1-14-11-20(12-15(2)21-14)13-17-8-6-16(7-9-17)10-19-18(3,4)5/h6-9,14-15,19H,10-13H2,1-5H3/t14-,15+. The Morgan fingerprint density at radius 3 is 2.10 bits per heavy atom. The molecule has 2 rings (SSSR count). The fourth-order valence-corrected chi connectivity index (χ4v) is 2.80. The van der Waals surface area contributed by atoms with Gasteiger partial charge in [-0.05, 0) is 45.7 Å². The van der Waals surface area contributed by atoms with Crippen molar-refractivity contribution >= 4 is 0 Å². The Morgan fingerprint density at radius 2 is 1.57 bits per heavy atom. The van der Waals surface area contributed by atoms with Gasteiger partial charge >= 0.3 is 0 Å². The van der Waals surface area contributed by atoms with Gasteiger partial charge in [0, 0.05) is 31.7 Å². The molecule has 1 fully saturated rings. The molecule has 0 bridgehead atoms. The highest BCUT2D eigenvalue weighted by Crippen LogP contribution is 2.15. The van der Waals surface area contributed by atoms with E-state index in [2.05, 4.69) is 69.1 Å². The second-order valence-corrected chi connectivity index (χ2v) is 7.37. The Bertz CT molecular complexity index is 426. The van der Waals surface area contributed by atoms with E-state index in [0.29, 0.717) is 12.2 Å². The van der Waals surface area contributed by atoms with Gasteiger partial charge in [-0.3, -0.25) is 4.90 Å². The molecule has 1 aliphatic heterocycles. The first-order valence-corrected chi connectivity index (χ1v) is 8.02. The van der Waals surface area contributed by atoms with E-state index in [9.17, 15) is 0 Å².